The van der Waals surface area contributed by atoms with Crippen molar-refractivity contribution < 1.29 is 14.7 Å². The average Bonchev–Trinajstić information content (AvgIpc) is 3.27. The molecule has 1 N–H and O–H groups in total. The number of amides is 1. The molecule has 1 unspecified atom stereocenters. The summed E-state index contributed by atoms with van der Waals surface area (Å²) in [6.45, 7) is 1.98. The second-order valence-electron chi connectivity index (χ2n) is 5.98. The summed E-state index contributed by atoms with van der Waals surface area (Å²) in [5, 5.41) is 14.1. The maximum absolute atomic E-state index is 12.7. The molecule has 1 aromatic carbocycles. The Morgan fingerprint density at radius 2 is 2.12 bits per heavy atom. The van der Waals surface area contributed by atoms with Gasteiger partial charge in [-0.05, 0) is 31.4 Å². The summed E-state index contributed by atoms with van der Waals surface area (Å²) < 4.78 is 1.63. The normalized spacial score (nSPS) is 15.1. The molecular formula is C17H18ClN3O3. The Bertz CT molecular complexity index is 770. The molecule has 1 aliphatic rings. The average molecular weight is 348 g/mol. The minimum Gasteiger partial charge on any atom is -0.480 e. The second kappa shape index (κ2) is 6.65. The van der Waals surface area contributed by atoms with E-state index in [1.165, 1.54) is 18.0 Å². The Labute approximate surface area is 144 Å². The van der Waals surface area contributed by atoms with E-state index in [4.69, 9.17) is 11.6 Å². The molecule has 0 aliphatic heterocycles. The number of carbonyl (C=O) groups is 2. The molecule has 0 bridgehead atoms. The molecule has 1 atom stereocenters. The van der Waals surface area contributed by atoms with Gasteiger partial charge in [0.25, 0.3) is 5.91 Å². The minimum absolute atomic E-state index is 0.00974. The van der Waals surface area contributed by atoms with Gasteiger partial charge < -0.3 is 10.0 Å². The van der Waals surface area contributed by atoms with Crippen molar-refractivity contribution in [3.8, 4) is 0 Å². The lowest BCUT2D eigenvalue weighted by Crippen LogP contribution is -2.44. The summed E-state index contributed by atoms with van der Waals surface area (Å²) in [7, 11) is 0. The van der Waals surface area contributed by atoms with Gasteiger partial charge in [0.15, 0.2) is 0 Å². The summed E-state index contributed by atoms with van der Waals surface area (Å²) in [5.41, 5.74) is 1.29. The van der Waals surface area contributed by atoms with Crippen molar-refractivity contribution in [1.29, 1.82) is 0 Å². The fourth-order valence-corrected chi connectivity index (χ4v) is 2.84. The molecule has 1 heterocycles. The fourth-order valence-electron chi connectivity index (χ4n) is 2.64. The van der Waals surface area contributed by atoms with Crippen molar-refractivity contribution in [1.82, 2.24) is 14.7 Å². The Hall–Kier alpha value is -2.34. The predicted molar refractivity (Wildman–Crippen MR) is 89.1 cm³/mol. The van der Waals surface area contributed by atoms with E-state index in [1.807, 2.05) is 18.2 Å². The van der Waals surface area contributed by atoms with Crippen molar-refractivity contribution in [2.75, 3.05) is 0 Å². The molecular weight excluding hydrogens is 330 g/mol. The third-order valence-corrected chi connectivity index (χ3v) is 4.49. The van der Waals surface area contributed by atoms with Gasteiger partial charge in [-0.3, -0.25) is 9.48 Å². The Morgan fingerprint density at radius 1 is 1.42 bits per heavy atom. The summed E-state index contributed by atoms with van der Waals surface area (Å²) in [4.78, 5) is 25.4. The minimum atomic E-state index is -1.00. The first-order chi connectivity index (χ1) is 11.5. The van der Waals surface area contributed by atoms with Crippen LogP contribution in [0.3, 0.4) is 0 Å². The highest BCUT2D eigenvalue weighted by Gasteiger charge is 2.39. The third kappa shape index (κ3) is 3.43. The fraction of sp³-hybridized carbons (Fsp3) is 0.353. The number of carboxylic acids is 1. The molecule has 0 saturated heterocycles. The number of nitrogens with zero attached hydrogens (tertiary/aromatic N) is 3. The van der Waals surface area contributed by atoms with Crippen molar-refractivity contribution in [2.45, 2.75) is 38.4 Å². The van der Waals surface area contributed by atoms with Crippen LogP contribution in [0.25, 0.3) is 0 Å². The summed E-state index contributed by atoms with van der Waals surface area (Å²) in [6.07, 6.45) is 4.80. The molecule has 1 aliphatic carbocycles. The van der Waals surface area contributed by atoms with Crippen molar-refractivity contribution >= 4 is 23.5 Å². The molecule has 24 heavy (non-hydrogen) atoms. The number of rotatable bonds is 6. The van der Waals surface area contributed by atoms with Crippen molar-refractivity contribution in [3.05, 3.63) is 52.8 Å². The van der Waals surface area contributed by atoms with Crippen LogP contribution >= 0.6 is 11.6 Å². The van der Waals surface area contributed by atoms with Crippen LogP contribution in [0.4, 0.5) is 0 Å². The zero-order valence-corrected chi connectivity index (χ0v) is 14.0. The topological polar surface area (TPSA) is 75.4 Å². The highest BCUT2D eigenvalue weighted by Crippen LogP contribution is 2.30. The smallest absolute Gasteiger partial charge is 0.326 e. The quantitative estimate of drug-likeness (QED) is 0.871. The van der Waals surface area contributed by atoms with E-state index >= 15 is 0 Å². The molecule has 0 spiro atoms. The molecule has 7 heteroatoms. The van der Waals surface area contributed by atoms with E-state index in [9.17, 15) is 14.7 Å². The third-order valence-electron chi connectivity index (χ3n) is 4.12. The molecule has 126 valence electrons. The van der Waals surface area contributed by atoms with Gasteiger partial charge in [-0.15, -0.1) is 0 Å². The van der Waals surface area contributed by atoms with Crippen molar-refractivity contribution in [2.24, 2.45) is 0 Å². The van der Waals surface area contributed by atoms with E-state index in [2.05, 4.69) is 5.10 Å². The van der Waals surface area contributed by atoms with Gasteiger partial charge >= 0.3 is 5.97 Å². The largest absolute Gasteiger partial charge is 0.480 e. The van der Waals surface area contributed by atoms with Gasteiger partial charge in [0.1, 0.15) is 6.04 Å². The number of benzene rings is 1. The van der Waals surface area contributed by atoms with Gasteiger partial charge in [-0.25, -0.2) is 4.79 Å². The number of halogens is 1. The van der Waals surface area contributed by atoms with Crippen LogP contribution in [0.1, 0.15) is 35.7 Å². The lowest BCUT2D eigenvalue weighted by Gasteiger charge is -2.25. The maximum atomic E-state index is 12.7. The summed E-state index contributed by atoms with van der Waals surface area (Å²) >= 11 is 6.14. The Kier molecular flexibility index (Phi) is 4.57. The van der Waals surface area contributed by atoms with E-state index in [0.717, 1.165) is 18.4 Å². The number of hydrogen-bond donors (Lipinski definition) is 1. The zero-order valence-electron chi connectivity index (χ0n) is 13.2. The van der Waals surface area contributed by atoms with Gasteiger partial charge in [-0.1, -0.05) is 29.8 Å². The maximum Gasteiger partial charge on any atom is 0.326 e. The SMILES string of the molecule is CC(C(=O)O)N(C(=O)c1cnn(Cc2ccccc2Cl)c1)C1CC1. The van der Waals surface area contributed by atoms with E-state index in [1.54, 1.807) is 16.9 Å². The molecule has 1 aromatic heterocycles. The zero-order chi connectivity index (χ0) is 17.3. The molecule has 6 nitrogen and oxygen atoms in total. The lowest BCUT2D eigenvalue weighted by atomic mass is 10.2. The molecule has 3 rings (SSSR count). The lowest BCUT2D eigenvalue weighted by molar-refractivity contribution is -0.141. The first kappa shape index (κ1) is 16.5. The molecule has 1 amide bonds. The molecule has 1 fully saturated rings. The van der Waals surface area contributed by atoms with Crippen LogP contribution in [0.5, 0.6) is 0 Å². The monoisotopic (exact) mass is 347 g/mol. The Morgan fingerprint density at radius 3 is 2.75 bits per heavy atom. The van der Waals surface area contributed by atoms with Gasteiger partial charge in [0, 0.05) is 17.3 Å². The predicted octanol–water partition coefficient (Wildman–Crippen LogP) is 2.66. The van der Waals surface area contributed by atoms with E-state index < -0.39 is 12.0 Å². The van der Waals surface area contributed by atoms with Crippen LogP contribution in [-0.4, -0.2) is 43.7 Å². The van der Waals surface area contributed by atoms with Crippen LogP contribution < -0.4 is 0 Å². The summed E-state index contributed by atoms with van der Waals surface area (Å²) in [6, 6.07) is 6.60. The van der Waals surface area contributed by atoms with E-state index in [-0.39, 0.29) is 11.9 Å². The van der Waals surface area contributed by atoms with Crippen LogP contribution in [0, 0.1) is 0 Å². The van der Waals surface area contributed by atoms with Crippen LogP contribution in [0.2, 0.25) is 5.02 Å². The number of aliphatic carboxylic acids is 1. The summed E-state index contributed by atoms with van der Waals surface area (Å²) in [5.74, 6) is -1.29. The highest BCUT2D eigenvalue weighted by molar-refractivity contribution is 6.31. The van der Waals surface area contributed by atoms with Crippen molar-refractivity contribution in [3.63, 3.8) is 0 Å². The van der Waals surface area contributed by atoms with Crippen LogP contribution in [-0.2, 0) is 11.3 Å². The molecule has 1 saturated carbocycles. The van der Waals surface area contributed by atoms with Gasteiger partial charge in [0.2, 0.25) is 0 Å². The number of carbonyl (C=O) groups excluding carboxylic acids is 1. The molecule has 0 radical (unpaired) electrons. The Balaban J connectivity index is 1.78. The standard InChI is InChI=1S/C17H18ClN3O3/c1-11(17(23)24)21(14-6-7-14)16(22)13-8-19-20(10-13)9-12-4-2-3-5-15(12)18/h2-5,8,10-11,14H,6-7,9H2,1H3,(H,23,24). The number of carboxylic acid groups (broad SMARTS) is 1. The first-order valence-corrected chi connectivity index (χ1v) is 8.16. The first-order valence-electron chi connectivity index (χ1n) is 7.78. The van der Waals surface area contributed by atoms with Crippen LogP contribution in [0.15, 0.2) is 36.7 Å². The van der Waals surface area contributed by atoms with E-state index in [0.29, 0.717) is 17.1 Å². The number of hydrogen-bond acceptors (Lipinski definition) is 3. The number of aromatic nitrogens is 2. The van der Waals surface area contributed by atoms with Gasteiger partial charge in [-0.2, -0.15) is 5.10 Å². The van der Waals surface area contributed by atoms with Gasteiger partial charge in [0.05, 0.1) is 18.3 Å². The molecule has 2 aromatic rings. The highest BCUT2D eigenvalue weighted by atomic mass is 35.5. The second-order valence-corrected chi connectivity index (χ2v) is 6.38.